The van der Waals surface area contributed by atoms with Crippen LogP contribution in [0.2, 0.25) is 0 Å². The molecule has 1 aromatic rings. The highest BCUT2D eigenvalue weighted by molar-refractivity contribution is 8.14. The summed E-state index contributed by atoms with van der Waals surface area (Å²) in [5.74, 6) is 0.0650. The lowest BCUT2D eigenvalue weighted by molar-refractivity contribution is -0.286. The summed E-state index contributed by atoms with van der Waals surface area (Å²) >= 11 is 1.26. The Hall–Kier alpha value is -1.56. The van der Waals surface area contributed by atoms with Gasteiger partial charge in [0.25, 0.3) is 0 Å². The summed E-state index contributed by atoms with van der Waals surface area (Å²) in [6, 6.07) is 4.70. The summed E-state index contributed by atoms with van der Waals surface area (Å²) in [6.45, 7) is 3.97. The molecule has 2 heterocycles. The topological polar surface area (TPSA) is 35.5 Å². The van der Waals surface area contributed by atoms with Crippen molar-refractivity contribution in [2.75, 3.05) is 0 Å². The Morgan fingerprint density at radius 3 is 2.90 bits per heavy atom. The first-order valence-electron chi connectivity index (χ1n) is 6.19. The lowest BCUT2D eigenvalue weighted by Crippen LogP contribution is -2.25. The van der Waals surface area contributed by atoms with E-state index in [4.69, 9.17) is 0 Å². The summed E-state index contributed by atoms with van der Waals surface area (Å²) in [6.07, 6.45) is -1.82. The highest BCUT2D eigenvalue weighted by atomic mass is 32.2. The zero-order chi connectivity index (χ0) is 14.3. The Labute approximate surface area is 120 Å². The number of halogens is 2. The third-order valence-electron chi connectivity index (χ3n) is 3.27. The number of alkyl halides is 2. The van der Waals surface area contributed by atoms with Gasteiger partial charge in [0, 0.05) is 13.1 Å². The second-order valence-electron chi connectivity index (χ2n) is 4.79. The molecule has 0 radical (unpaired) electrons. The van der Waals surface area contributed by atoms with Crippen molar-refractivity contribution in [2.45, 2.75) is 30.8 Å². The summed E-state index contributed by atoms with van der Waals surface area (Å²) in [5, 5.41) is 0.145. The molecule has 2 aliphatic heterocycles. The Kier molecular flexibility index (Phi) is 3.20. The van der Waals surface area contributed by atoms with E-state index in [0.717, 1.165) is 11.1 Å². The average molecular weight is 300 g/mol. The summed E-state index contributed by atoms with van der Waals surface area (Å²) in [5.41, 5.74) is 1.83. The molecule has 20 heavy (non-hydrogen) atoms. The lowest BCUT2D eigenvalue weighted by atomic mass is 10.0. The predicted octanol–water partition coefficient (Wildman–Crippen LogP) is 3.78. The average Bonchev–Trinajstić information content (AvgIpc) is 2.67. The van der Waals surface area contributed by atoms with Crippen LogP contribution in [-0.2, 0) is 11.2 Å². The molecule has 1 saturated heterocycles. The van der Waals surface area contributed by atoms with E-state index in [2.05, 4.69) is 16.1 Å². The number of benzene rings is 1. The molecule has 1 fully saturated rings. The first kappa shape index (κ1) is 13.4. The standard InChI is InChI=1S/C14H12F2O3S.H2/c1-8-2-5-13(17)20-12(8)7-9-3-4-10-11(6-9)19-14(15,16)18-10;/h3-4,6,12H,1-2,5,7H2;1H. The van der Waals surface area contributed by atoms with Crippen LogP contribution in [0.3, 0.4) is 0 Å². The Balaban J connectivity index is 0.00000161. The van der Waals surface area contributed by atoms with Crippen LogP contribution in [0, 0.1) is 0 Å². The fourth-order valence-corrected chi connectivity index (χ4v) is 3.34. The maximum absolute atomic E-state index is 12.9. The van der Waals surface area contributed by atoms with E-state index in [1.54, 1.807) is 6.07 Å². The van der Waals surface area contributed by atoms with Gasteiger partial charge in [-0.2, -0.15) is 0 Å². The number of hydrogen-bond acceptors (Lipinski definition) is 4. The zero-order valence-electron chi connectivity index (χ0n) is 10.5. The molecule has 0 spiro atoms. The van der Waals surface area contributed by atoms with E-state index in [0.29, 0.717) is 19.3 Å². The SMILES string of the molecule is C=C1CCC(=O)SC1Cc1ccc2c(c1)OC(F)(F)O2.[HH]. The minimum atomic E-state index is -3.60. The van der Waals surface area contributed by atoms with Crippen LogP contribution in [0.1, 0.15) is 19.8 Å². The van der Waals surface area contributed by atoms with Crippen LogP contribution in [0.4, 0.5) is 8.78 Å². The Bertz CT molecular complexity index is 592. The van der Waals surface area contributed by atoms with Gasteiger partial charge in [-0.3, -0.25) is 4.79 Å². The van der Waals surface area contributed by atoms with Crippen molar-refractivity contribution >= 4 is 16.9 Å². The molecule has 6 heteroatoms. The molecule has 3 nitrogen and oxygen atoms in total. The summed E-state index contributed by atoms with van der Waals surface area (Å²) < 4.78 is 34.6. The maximum atomic E-state index is 12.9. The van der Waals surface area contributed by atoms with Gasteiger partial charge in [0.15, 0.2) is 16.6 Å². The van der Waals surface area contributed by atoms with Gasteiger partial charge in [-0.1, -0.05) is 30.0 Å². The Morgan fingerprint density at radius 2 is 2.10 bits per heavy atom. The van der Waals surface area contributed by atoms with Crippen molar-refractivity contribution in [1.29, 1.82) is 0 Å². The third kappa shape index (κ3) is 2.65. The number of carbonyl (C=O) groups is 1. The van der Waals surface area contributed by atoms with Crippen LogP contribution in [0.15, 0.2) is 30.4 Å². The van der Waals surface area contributed by atoms with Gasteiger partial charge in [0.2, 0.25) is 0 Å². The van der Waals surface area contributed by atoms with Crippen LogP contribution >= 0.6 is 11.8 Å². The van der Waals surface area contributed by atoms with Gasteiger partial charge in [0.05, 0.1) is 0 Å². The van der Waals surface area contributed by atoms with E-state index in [9.17, 15) is 13.6 Å². The minimum absolute atomic E-state index is 0. The molecule has 108 valence electrons. The number of thioether (sulfide) groups is 1. The van der Waals surface area contributed by atoms with Crippen LogP contribution < -0.4 is 9.47 Å². The second kappa shape index (κ2) is 4.77. The van der Waals surface area contributed by atoms with Gasteiger partial charge >= 0.3 is 6.29 Å². The first-order chi connectivity index (χ1) is 9.43. The van der Waals surface area contributed by atoms with E-state index >= 15 is 0 Å². The van der Waals surface area contributed by atoms with Crippen molar-refractivity contribution in [3.8, 4) is 11.5 Å². The molecule has 1 atom stereocenters. The van der Waals surface area contributed by atoms with Crippen molar-refractivity contribution in [3.05, 3.63) is 35.9 Å². The van der Waals surface area contributed by atoms with Crippen LogP contribution in [0.25, 0.3) is 0 Å². The number of rotatable bonds is 2. The van der Waals surface area contributed by atoms with Crippen molar-refractivity contribution in [1.82, 2.24) is 0 Å². The highest BCUT2D eigenvalue weighted by Gasteiger charge is 2.43. The summed E-state index contributed by atoms with van der Waals surface area (Å²) in [7, 11) is 0. The molecule has 0 aliphatic carbocycles. The molecular weight excluding hydrogens is 286 g/mol. The van der Waals surface area contributed by atoms with E-state index in [1.807, 2.05) is 0 Å². The van der Waals surface area contributed by atoms with Gasteiger partial charge < -0.3 is 9.47 Å². The fourth-order valence-electron chi connectivity index (χ4n) is 2.24. The minimum Gasteiger partial charge on any atom is -0.395 e. The van der Waals surface area contributed by atoms with E-state index < -0.39 is 6.29 Å². The molecule has 1 unspecified atom stereocenters. The van der Waals surface area contributed by atoms with Gasteiger partial charge in [-0.05, 0) is 30.5 Å². The van der Waals surface area contributed by atoms with Gasteiger partial charge in [-0.25, -0.2) is 0 Å². The number of carbonyl (C=O) groups excluding carboxylic acids is 1. The van der Waals surface area contributed by atoms with Crippen LogP contribution in [0.5, 0.6) is 11.5 Å². The van der Waals surface area contributed by atoms with E-state index in [1.165, 1.54) is 23.9 Å². The highest BCUT2D eigenvalue weighted by Crippen LogP contribution is 2.42. The van der Waals surface area contributed by atoms with Gasteiger partial charge in [0.1, 0.15) is 0 Å². The molecule has 0 aromatic heterocycles. The Morgan fingerprint density at radius 1 is 1.35 bits per heavy atom. The fraction of sp³-hybridized carbons (Fsp3) is 0.357. The van der Waals surface area contributed by atoms with Crippen molar-refractivity contribution in [2.24, 2.45) is 0 Å². The maximum Gasteiger partial charge on any atom is 0.586 e. The monoisotopic (exact) mass is 300 g/mol. The lowest BCUT2D eigenvalue weighted by Gasteiger charge is -2.22. The van der Waals surface area contributed by atoms with Crippen molar-refractivity contribution in [3.63, 3.8) is 0 Å². The number of ether oxygens (including phenoxy) is 2. The summed E-state index contributed by atoms with van der Waals surface area (Å²) in [4.78, 5) is 11.5. The predicted molar refractivity (Wildman–Crippen MR) is 73.2 cm³/mol. The third-order valence-corrected chi connectivity index (χ3v) is 4.52. The molecular formula is C14H14F2O3S. The number of fused-ring (bicyclic) bond motifs is 1. The largest absolute Gasteiger partial charge is 0.586 e. The molecule has 0 bridgehead atoms. The molecule has 0 amide bonds. The van der Waals surface area contributed by atoms with Crippen molar-refractivity contribution < 1.29 is 24.5 Å². The van der Waals surface area contributed by atoms with Gasteiger partial charge in [-0.15, -0.1) is 8.78 Å². The molecule has 0 N–H and O–H groups in total. The zero-order valence-corrected chi connectivity index (χ0v) is 11.3. The van der Waals surface area contributed by atoms with E-state index in [-0.39, 0.29) is 23.3 Å². The smallest absolute Gasteiger partial charge is 0.395 e. The molecule has 0 saturated carbocycles. The molecule has 2 aliphatic rings. The second-order valence-corrected chi connectivity index (χ2v) is 6.05. The van der Waals surface area contributed by atoms with Crippen LogP contribution in [-0.4, -0.2) is 16.7 Å². The number of hydrogen-bond donors (Lipinski definition) is 0. The first-order valence-corrected chi connectivity index (χ1v) is 7.07. The molecule has 1 aromatic carbocycles. The quantitative estimate of drug-likeness (QED) is 0.779. The normalized spacial score (nSPS) is 24.0. The molecule has 3 rings (SSSR count).